The summed E-state index contributed by atoms with van der Waals surface area (Å²) in [5.41, 5.74) is 2.06. The molecule has 2 aromatic rings. The minimum Gasteiger partial charge on any atom is -0.320 e. The third-order valence-electron chi connectivity index (χ3n) is 2.32. The van der Waals surface area contributed by atoms with E-state index in [1.807, 2.05) is 25.1 Å². The monoisotopic (exact) mass is 324 g/mol. The van der Waals surface area contributed by atoms with Gasteiger partial charge in [0, 0.05) is 4.47 Å². The standard InChI is InChI=1S/C13H10BrClN2O/c1-8-5-6-9(14)11(7-8)17-13(18)10-3-2-4-12(15)16-10/h2-7H,1H3,(H,17,18). The Morgan fingerprint density at radius 2 is 2.11 bits per heavy atom. The molecule has 3 nitrogen and oxygen atoms in total. The largest absolute Gasteiger partial charge is 0.320 e. The zero-order chi connectivity index (χ0) is 13.1. The predicted molar refractivity (Wildman–Crippen MR) is 76.1 cm³/mol. The van der Waals surface area contributed by atoms with E-state index in [0.717, 1.165) is 10.0 Å². The first-order valence-electron chi connectivity index (χ1n) is 5.26. The van der Waals surface area contributed by atoms with Gasteiger partial charge in [-0.05, 0) is 52.7 Å². The van der Waals surface area contributed by atoms with E-state index in [-0.39, 0.29) is 11.6 Å². The smallest absolute Gasteiger partial charge is 0.274 e. The number of pyridine rings is 1. The first-order valence-corrected chi connectivity index (χ1v) is 6.43. The van der Waals surface area contributed by atoms with Gasteiger partial charge in [0.15, 0.2) is 0 Å². The Morgan fingerprint density at radius 1 is 1.33 bits per heavy atom. The minimum absolute atomic E-state index is 0.288. The molecule has 18 heavy (non-hydrogen) atoms. The summed E-state index contributed by atoms with van der Waals surface area (Å²) in [6.07, 6.45) is 0. The Bertz CT molecular complexity index is 601. The molecular formula is C13H10BrClN2O. The van der Waals surface area contributed by atoms with Crippen LogP contribution in [0.1, 0.15) is 16.1 Å². The first kappa shape index (κ1) is 13.1. The van der Waals surface area contributed by atoms with Crippen LogP contribution >= 0.6 is 27.5 Å². The van der Waals surface area contributed by atoms with Crippen molar-refractivity contribution in [3.8, 4) is 0 Å². The maximum absolute atomic E-state index is 12.0. The van der Waals surface area contributed by atoms with E-state index < -0.39 is 0 Å². The lowest BCUT2D eigenvalue weighted by molar-refractivity contribution is 0.102. The number of nitrogens with one attached hydrogen (secondary N) is 1. The number of amides is 1. The molecule has 0 aliphatic heterocycles. The van der Waals surface area contributed by atoms with Crippen molar-refractivity contribution in [2.75, 3.05) is 5.32 Å². The minimum atomic E-state index is -0.288. The molecule has 0 bridgehead atoms. The SMILES string of the molecule is Cc1ccc(Br)c(NC(=O)c2cccc(Cl)n2)c1. The molecule has 1 aromatic carbocycles. The van der Waals surface area contributed by atoms with Crippen LogP contribution in [0.15, 0.2) is 40.9 Å². The van der Waals surface area contributed by atoms with Crippen molar-refractivity contribution in [3.05, 3.63) is 57.3 Å². The second kappa shape index (κ2) is 5.50. The highest BCUT2D eigenvalue weighted by Crippen LogP contribution is 2.23. The van der Waals surface area contributed by atoms with Gasteiger partial charge in [0.25, 0.3) is 5.91 Å². The zero-order valence-electron chi connectivity index (χ0n) is 9.58. The Hall–Kier alpha value is -1.39. The number of aryl methyl sites for hydroxylation is 1. The highest BCUT2D eigenvalue weighted by Gasteiger charge is 2.10. The van der Waals surface area contributed by atoms with Crippen LogP contribution in [0.5, 0.6) is 0 Å². The molecule has 0 unspecified atom stereocenters. The summed E-state index contributed by atoms with van der Waals surface area (Å²) >= 11 is 9.13. The van der Waals surface area contributed by atoms with Gasteiger partial charge < -0.3 is 5.32 Å². The molecule has 0 saturated carbocycles. The predicted octanol–water partition coefficient (Wildman–Crippen LogP) is 4.06. The fourth-order valence-electron chi connectivity index (χ4n) is 1.46. The first-order chi connectivity index (χ1) is 8.56. The molecule has 2 rings (SSSR count). The average molecular weight is 326 g/mol. The summed E-state index contributed by atoms with van der Waals surface area (Å²) < 4.78 is 0.823. The van der Waals surface area contributed by atoms with Gasteiger partial charge in [-0.3, -0.25) is 4.79 Å². The van der Waals surface area contributed by atoms with Gasteiger partial charge >= 0.3 is 0 Å². The van der Waals surface area contributed by atoms with Crippen LogP contribution < -0.4 is 5.32 Å². The third-order valence-corrected chi connectivity index (χ3v) is 3.22. The topological polar surface area (TPSA) is 42.0 Å². The van der Waals surface area contributed by atoms with Crippen LogP contribution in [0.3, 0.4) is 0 Å². The van der Waals surface area contributed by atoms with E-state index in [2.05, 4.69) is 26.2 Å². The number of rotatable bonds is 2. The summed E-state index contributed by atoms with van der Waals surface area (Å²) in [5.74, 6) is -0.288. The molecule has 1 amide bonds. The van der Waals surface area contributed by atoms with Gasteiger partial charge in [0.1, 0.15) is 10.8 Å². The number of carbonyl (C=O) groups excluding carboxylic acids is 1. The number of carbonyl (C=O) groups is 1. The molecule has 0 radical (unpaired) electrons. The molecular weight excluding hydrogens is 316 g/mol. The third kappa shape index (κ3) is 3.09. The Labute approximate surface area is 118 Å². The molecule has 0 atom stereocenters. The number of anilines is 1. The molecule has 0 spiro atoms. The summed E-state index contributed by atoms with van der Waals surface area (Å²) in [7, 11) is 0. The Balaban J connectivity index is 2.24. The van der Waals surface area contributed by atoms with Crippen molar-refractivity contribution in [1.82, 2.24) is 4.98 Å². The van der Waals surface area contributed by atoms with Gasteiger partial charge in [-0.15, -0.1) is 0 Å². The maximum atomic E-state index is 12.0. The number of hydrogen-bond acceptors (Lipinski definition) is 2. The van der Waals surface area contributed by atoms with Crippen LogP contribution in [0.25, 0.3) is 0 Å². The number of aromatic nitrogens is 1. The van der Waals surface area contributed by atoms with E-state index in [4.69, 9.17) is 11.6 Å². The summed E-state index contributed by atoms with van der Waals surface area (Å²) in [6.45, 7) is 1.96. The molecule has 1 heterocycles. The molecule has 0 aliphatic rings. The molecule has 0 saturated heterocycles. The highest BCUT2D eigenvalue weighted by atomic mass is 79.9. The second-order valence-electron chi connectivity index (χ2n) is 3.78. The molecule has 5 heteroatoms. The van der Waals surface area contributed by atoms with Crippen molar-refractivity contribution >= 4 is 39.1 Å². The van der Waals surface area contributed by atoms with Crippen molar-refractivity contribution in [2.45, 2.75) is 6.92 Å². The van der Waals surface area contributed by atoms with Crippen LogP contribution in [-0.4, -0.2) is 10.9 Å². The summed E-state index contributed by atoms with van der Waals surface area (Å²) in [6, 6.07) is 10.7. The second-order valence-corrected chi connectivity index (χ2v) is 5.02. The number of nitrogens with zero attached hydrogens (tertiary/aromatic N) is 1. The average Bonchev–Trinajstić information content (AvgIpc) is 2.34. The fraction of sp³-hybridized carbons (Fsp3) is 0.0769. The summed E-state index contributed by atoms with van der Waals surface area (Å²) in [4.78, 5) is 15.9. The number of benzene rings is 1. The fourth-order valence-corrected chi connectivity index (χ4v) is 1.97. The number of halogens is 2. The molecule has 0 aliphatic carbocycles. The molecule has 0 fully saturated rings. The van der Waals surface area contributed by atoms with E-state index >= 15 is 0 Å². The number of hydrogen-bond donors (Lipinski definition) is 1. The van der Waals surface area contributed by atoms with Gasteiger partial charge in [0.05, 0.1) is 5.69 Å². The van der Waals surface area contributed by atoms with Gasteiger partial charge in [-0.1, -0.05) is 23.7 Å². The van der Waals surface area contributed by atoms with E-state index in [9.17, 15) is 4.79 Å². The van der Waals surface area contributed by atoms with Gasteiger partial charge in [-0.2, -0.15) is 0 Å². The Morgan fingerprint density at radius 3 is 2.83 bits per heavy atom. The van der Waals surface area contributed by atoms with E-state index in [1.54, 1.807) is 18.2 Å². The van der Waals surface area contributed by atoms with Crippen molar-refractivity contribution in [3.63, 3.8) is 0 Å². The van der Waals surface area contributed by atoms with Crippen molar-refractivity contribution in [1.29, 1.82) is 0 Å². The highest BCUT2D eigenvalue weighted by molar-refractivity contribution is 9.10. The zero-order valence-corrected chi connectivity index (χ0v) is 11.9. The van der Waals surface area contributed by atoms with Crippen LogP contribution in [0.4, 0.5) is 5.69 Å². The molecule has 92 valence electrons. The Kier molecular flexibility index (Phi) is 3.99. The lowest BCUT2D eigenvalue weighted by atomic mass is 10.2. The van der Waals surface area contributed by atoms with Crippen molar-refractivity contribution < 1.29 is 4.79 Å². The van der Waals surface area contributed by atoms with Crippen LogP contribution in [-0.2, 0) is 0 Å². The normalized spacial score (nSPS) is 10.2. The van der Waals surface area contributed by atoms with Crippen LogP contribution in [0, 0.1) is 6.92 Å². The quantitative estimate of drug-likeness (QED) is 0.846. The van der Waals surface area contributed by atoms with E-state index in [1.165, 1.54) is 0 Å². The molecule has 1 aromatic heterocycles. The maximum Gasteiger partial charge on any atom is 0.274 e. The van der Waals surface area contributed by atoms with Crippen LogP contribution in [0.2, 0.25) is 5.15 Å². The van der Waals surface area contributed by atoms with Crippen molar-refractivity contribution in [2.24, 2.45) is 0 Å². The lowest BCUT2D eigenvalue weighted by Gasteiger charge is -2.08. The van der Waals surface area contributed by atoms with Gasteiger partial charge in [-0.25, -0.2) is 4.98 Å². The summed E-state index contributed by atoms with van der Waals surface area (Å²) in [5, 5.41) is 3.08. The van der Waals surface area contributed by atoms with E-state index in [0.29, 0.717) is 10.8 Å². The molecule has 1 N–H and O–H groups in total. The lowest BCUT2D eigenvalue weighted by Crippen LogP contribution is -2.14. The van der Waals surface area contributed by atoms with Gasteiger partial charge in [0.2, 0.25) is 0 Å².